The van der Waals surface area contributed by atoms with Crippen LogP contribution >= 0.6 is 0 Å². The number of carbonyl (C=O) groups is 2. The number of benzene rings is 2. The number of hydrogen-bond donors (Lipinski definition) is 1. The van der Waals surface area contributed by atoms with Gasteiger partial charge >= 0.3 is 0 Å². The number of rotatable bonds is 5. The van der Waals surface area contributed by atoms with Crippen molar-refractivity contribution in [1.82, 2.24) is 10.2 Å². The Labute approximate surface area is 173 Å². The molecule has 2 aromatic rings. The molecule has 1 saturated heterocycles. The summed E-state index contributed by atoms with van der Waals surface area (Å²) in [4.78, 5) is 26.9. The van der Waals surface area contributed by atoms with Crippen LogP contribution in [-0.2, 0) is 4.79 Å². The first kappa shape index (κ1) is 20.9. The topological polar surface area (TPSA) is 58.6 Å². The molecule has 0 atom stereocenters. The third-order valence-electron chi connectivity index (χ3n) is 5.81. The van der Waals surface area contributed by atoms with Gasteiger partial charge in [0, 0.05) is 24.7 Å². The Morgan fingerprint density at radius 1 is 1.00 bits per heavy atom. The number of carbonyl (C=O) groups excluding carboxylic acids is 2. The normalized spacial score (nSPS) is 14.6. The van der Waals surface area contributed by atoms with Crippen LogP contribution in [-0.4, -0.2) is 42.5 Å². The maximum absolute atomic E-state index is 12.7. The molecular formula is C24H30N2O3. The fraction of sp³-hybridized carbons (Fsp3) is 0.417. The van der Waals surface area contributed by atoms with E-state index in [1.54, 1.807) is 0 Å². The Morgan fingerprint density at radius 3 is 2.41 bits per heavy atom. The fourth-order valence-electron chi connectivity index (χ4n) is 3.58. The molecule has 3 rings (SSSR count). The molecule has 0 unspecified atom stereocenters. The van der Waals surface area contributed by atoms with Gasteiger partial charge in [0.05, 0.1) is 0 Å². The molecule has 154 valence electrons. The number of nitrogens with zero attached hydrogens (tertiary/aromatic N) is 1. The Bertz CT molecular complexity index is 899. The van der Waals surface area contributed by atoms with Crippen molar-refractivity contribution in [3.05, 3.63) is 64.2 Å². The van der Waals surface area contributed by atoms with E-state index in [0.717, 1.165) is 40.8 Å². The van der Waals surface area contributed by atoms with Gasteiger partial charge in [-0.15, -0.1) is 0 Å². The maximum Gasteiger partial charge on any atom is 0.258 e. The van der Waals surface area contributed by atoms with E-state index in [1.807, 2.05) is 69.0 Å². The number of nitrogens with one attached hydrogen (secondary N) is 1. The summed E-state index contributed by atoms with van der Waals surface area (Å²) >= 11 is 0. The molecular weight excluding hydrogens is 364 g/mol. The first-order valence-electron chi connectivity index (χ1n) is 10.2. The number of ether oxygens (including phenoxy) is 1. The average molecular weight is 395 g/mol. The van der Waals surface area contributed by atoms with Crippen LogP contribution in [0.4, 0.5) is 0 Å². The molecule has 0 aromatic heterocycles. The zero-order chi connectivity index (χ0) is 21.0. The summed E-state index contributed by atoms with van der Waals surface area (Å²) in [6.07, 6.45) is 1.51. The minimum atomic E-state index is -0.121. The van der Waals surface area contributed by atoms with Crippen molar-refractivity contribution in [3.8, 4) is 5.75 Å². The zero-order valence-electron chi connectivity index (χ0n) is 17.7. The number of piperidine rings is 1. The van der Waals surface area contributed by atoms with Crippen LogP contribution in [0.25, 0.3) is 0 Å². The predicted octanol–water partition coefficient (Wildman–Crippen LogP) is 3.72. The summed E-state index contributed by atoms with van der Waals surface area (Å²) in [5.74, 6) is 0.690. The predicted molar refractivity (Wildman–Crippen MR) is 114 cm³/mol. The Morgan fingerprint density at radius 2 is 1.72 bits per heavy atom. The smallest absolute Gasteiger partial charge is 0.258 e. The molecule has 0 saturated carbocycles. The fourth-order valence-corrected chi connectivity index (χ4v) is 3.58. The minimum absolute atomic E-state index is 0.00603. The molecule has 5 heteroatoms. The SMILES string of the molecule is Cc1ccc(C(=O)N2CCC(NC(=O)COc3cccc(C)c3C)CC2)cc1C. The van der Waals surface area contributed by atoms with E-state index in [9.17, 15) is 9.59 Å². The molecule has 1 N–H and O–H groups in total. The van der Waals surface area contributed by atoms with Gasteiger partial charge in [-0.2, -0.15) is 0 Å². The lowest BCUT2D eigenvalue weighted by Crippen LogP contribution is -2.47. The van der Waals surface area contributed by atoms with Gasteiger partial charge in [0.1, 0.15) is 5.75 Å². The van der Waals surface area contributed by atoms with Crippen molar-refractivity contribution in [2.75, 3.05) is 19.7 Å². The summed E-state index contributed by atoms with van der Waals surface area (Å²) in [5.41, 5.74) is 5.24. The average Bonchev–Trinajstić information content (AvgIpc) is 2.71. The molecule has 0 bridgehead atoms. The van der Waals surface area contributed by atoms with Crippen LogP contribution in [0.1, 0.15) is 45.5 Å². The summed E-state index contributed by atoms with van der Waals surface area (Å²) in [6.45, 7) is 9.38. The van der Waals surface area contributed by atoms with Crippen LogP contribution in [0.2, 0.25) is 0 Å². The van der Waals surface area contributed by atoms with Gasteiger partial charge in [0.25, 0.3) is 11.8 Å². The van der Waals surface area contributed by atoms with Crippen molar-refractivity contribution in [2.24, 2.45) is 0 Å². The second-order valence-electron chi connectivity index (χ2n) is 7.92. The van der Waals surface area contributed by atoms with Crippen molar-refractivity contribution in [1.29, 1.82) is 0 Å². The second-order valence-corrected chi connectivity index (χ2v) is 7.92. The highest BCUT2D eigenvalue weighted by Gasteiger charge is 2.25. The highest BCUT2D eigenvalue weighted by molar-refractivity contribution is 5.94. The number of amides is 2. The van der Waals surface area contributed by atoms with E-state index < -0.39 is 0 Å². The molecule has 0 spiro atoms. The summed E-state index contributed by atoms with van der Waals surface area (Å²) in [7, 11) is 0. The van der Waals surface area contributed by atoms with Crippen molar-refractivity contribution >= 4 is 11.8 Å². The van der Waals surface area contributed by atoms with Crippen LogP contribution in [0.15, 0.2) is 36.4 Å². The van der Waals surface area contributed by atoms with Crippen molar-refractivity contribution in [3.63, 3.8) is 0 Å². The Hall–Kier alpha value is -2.82. The monoisotopic (exact) mass is 394 g/mol. The molecule has 1 aliphatic rings. The standard InChI is InChI=1S/C24H30N2O3/c1-16-8-9-20(14-18(16)3)24(28)26-12-10-21(11-13-26)25-23(27)15-29-22-7-5-6-17(2)19(22)4/h5-9,14,21H,10-13,15H2,1-4H3,(H,25,27). The van der Waals surface area contributed by atoms with Crippen LogP contribution in [0.3, 0.4) is 0 Å². The molecule has 0 aliphatic carbocycles. The highest BCUT2D eigenvalue weighted by atomic mass is 16.5. The quantitative estimate of drug-likeness (QED) is 0.841. The van der Waals surface area contributed by atoms with E-state index in [4.69, 9.17) is 4.74 Å². The molecule has 5 nitrogen and oxygen atoms in total. The number of hydrogen-bond acceptors (Lipinski definition) is 3. The van der Waals surface area contributed by atoms with Crippen molar-refractivity contribution < 1.29 is 14.3 Å². The third-order valence-corrected chi connectivity index (χ3v) is 5.81. The summed E-state index contributed by atoms with van der Waals surface area (Å²) in [6, 6.07) is 11.7. The molecule has 1 fully saturated rings. The summed E-state index contributed by atoms with van der Waals surface area (Å²) in [5, 5.41) is 3.04. The highest BCUT2D eigenvalue weighted by Crippen LogP contribution is 2.20. The van der Waals surface area contributed by atoms with Gasteiger partial charge in [-0.1, -0.05) is 18.2 Å². The van der Waals surface area contributed by atoms with Gasteiger partial charge in [-0.05, 0) is 81.0 Å². The van der Waals surface area contributed by atoms with Gasteiger partial charge in [-0.3, -0.25) is 9.59 Å². The van der Waals surface area contributed by atoms with Gasteiger partial charge in [-0.25, -0.2) is 0 Å². The lowest BCUT2D eigenvalue weighted by molar-refractivity contribution is -0.124. The van der Waals surface area contributed by atoms with Crippen LogP contribution < -0.4 is 10.1 Å². The first-order valence-corrected chi connectivity index (χ1v) is 10.2. The molecule has 2 amide bonds. The Kier molecular flexibility index (Phi) is 6.57. The van der Waals surface area contributed by atoms with Gasteiger partial charge < -0.3 is 15.0 Å². The summed E-state index contributed by atoms with van der Waals surface area (Å²) < 4.78 is 5.68. The van der Waals surface area contributed by atoms with Crippen LogP contribution in [0, 0.1) is 27.7 Å². The molecule has 1 heterocycles. The lowest BCUT2D eigenvalue weighted by Gasteiger charge is -2.32. The van der Waals surface area contributed by atoms with Gasteiger partial charge in [0.2, 0.25) is 0 Å². The minimum Gasteiger partial charge on any atom is -0.483 e. The number of aryl methyl sites for hydroxylation is 3. The van der Waals surface area contributed by atoms with E-state index >= 15 is 0 Å². The van der Waals surface area contributed by atoms with E-state index in [0.29, 0.717) is 13.1 Å². The molecule has 2 aromatic carbocycles. The maximum atomic E-state index is 12.7. The third kappa shape index (κ3) is 5.17. The van der Waals surface area contributed by atoms with Gasteiger partial charge in [0.15, 0.2) is 6.61 Å². The lowest BCUT2D eigenvalue weighted by atomic mass is 10.0. The van der Waals surface area contributed by atoms with E-state index in [2.05, 4.69) is 5.32 Å². The molecule has 29 heavy (non-hydrogen) atoms. The molecule has 0 radical (unpaired) electrons. The second kappa shape index (κ2) is 9.12. The Balaban J connectivity index is 1.46. The first-order chi connectivity index (χ1) is 13.8. The van der Waals surface area contributed by atoms with Crippen LogP contribution in [0.5, 0.6) is 5.75 Å². The number of likely N-dealkylation sites (tertiary alicyclic amines) is 1. The van der Waals surface area contributed by atoms with E-state index in [-0.39, 0.29) is 24.5 Å². The van der Waals surface area contributed by atoms with Crippen molar-refractivity contribution in [2.45, 2.75) is 46.6 Å². The van der Waals surface area contributed by atoms with E-state index in [1.165, 1.54) is 5.56 Å². The molecule has 1 aliphatic heterocycles. The zero-order valence-corrected chi connectivity index (χ0v) is 17.7. The largest absolute Gasteiger partial charge is 0.483 e.